The molecule has 0 amide bonds. The number of aliphatic hydroxyl groups excluding tert-OH is 1. The fourth-order valence-corrected chi connectivity index (χ4v) is 3.34. The summed E-state index contributed by atoms with van der Waals surface area (Å²) < 4.78 is 1.91. The van der Waals surface area contributed by atoms with E-state index in [1.165, 1.54) is 12.8 Å². The van der Waals surface area contributed by atoms with E-state index >= 15 is 0 Å². The van der Waals surface area contributed by atoms with Gasteiger partial charge in [0, 0.05) is 24.6 Å². The molecule has 1 fully saturated rings. The van der Waals surface area contributed by atoms with Crippen molar-refractivity contribution >= 4 is 11.0 Å². The minimum atomic E-state index is 0.145. The number of fused-ring (bicyclic) bond motifs is 1. The molecule has 1 aliphatic carbocycles. The highest BCUT2D eigenvalue weighted by atomic mass is 16.3. The highest BCUT2D eigenvalue weighted by Crippen LogP contribution is 2.34. The maximum Gasteiger partial charge on any atom is 0.160 e. The number of para-hydroxylation sites is 1. The van der Waals surface area contributed by atoms with Crippen LogP contribution in [0.25, 0.3) is 22.4 Å². The van der Waals surface area contributed by atoms with Gasteiger partial charge in [-0.1, -0.05) is 18.9 Å². The van der Waals surface area contributed by atoms with Crippen molar-refractivity contribution in [1.82, 2.24) is 30.2 Å². The fourth-order valence-electron chi connectivity index (χ4n) is 3.34. The van der Waals surface area contributed by atoms with E-state index in [0.717, 1.165) is 41.1 Å². The second kappa shape index (κ2) is 6.08. The van der Waals surface area contributed by atoms with Crippen LogP contribution in [0.4, 0.5) is 0 Å². The Morgan fingerprint density at radius 2 is 2.09 bits per heavy atom. The smallest absolute Gasteiger partial charge is 0.160 e. The second-order valence-electron chi connectivity index (χ2n) is 6.07. The molecule has 0 radical (unpaired) electrons. The van der Waals surface area contributed by atoms with Crippen LogP contribution in [0.2, 0.25) is 0 Å². The Bertz CT molecular complexity index is 802. The zero-order valence-corrected chi connectivity index (χ0v) is 12.9. The molecule has 120 valence electrons. The van der Waals surface area contributed by atoms with Gasteiger partial charge < -0.3 is 5.11 Å². The Balaban J connectivity index is 1.80. The van der Waals surface area contributed by atoms with Gasteiger partial charge in [0.15, 0.2) is 11.6 Å². The van der Waals surface area contributed by atoms with Gasteiger partial charge in [0.05, 0.1) is 0 Å². The van der Waals surface area contributed by atoms with E-state index in [1.54, 1.807) is 0 Å². The van der Waals surface area contributed by atoms with Crippen molar-refractivity contribution in [3.63, 3.8) is 0 Å². The summed E-state index contributed by atoms with van der Waals surface area (Å²) in [4.78, 5) is 4.83. The summed E-state index contributed by atoms with van der Waals surface area (Å²) in [6.07, 6.45) is 5.50. The number of hydrogen-bond acceptors (Lipinski definition) is 5. The van der Waals surface area contributed by atoms with Crippen LogP contribution in [-0.4, -0.2) is 41.9 Å². The van der Waals surface area contributed by atoms with Crippen LogP contribution in [0.15, 0.2) is 18.2 Å². The van der Waals surface area contributed by atoms with Gasteiger partial charge >= 0.3 is 0 Å². The van der Waals surface area contributed by atoms with E-state index in [0.29, 0.717) is 18.9 Å². The first kappa shape index (κ1) is 14.3. The van der Waals surface area contributed by atoms with Crippen molar-refractivity contribution < 1.29 is 5.11 Å². The molecule has 0 aliphatic heterocycles. The fraction of sp³-hybridized carbons (Fsp3) is 0.500. The summed E-state index contributed by atoms with van der Waals surface area (Å²) in [7, 11) is 0. The van der Waals surface area contributed by atoms with Crippen LogP contribution in [0, 0.1) is 0 Å². The maximum atomic E-state index is 9.16. The molecular weight excluding hydrogens is 292 g/mol. The third kappa shape index (κ3) is 2.61. The van der Waals surface area contributed by atoms with Gasteiger partial charge in [-0.05, 0) is 31.4 Å². The van der Waals surface area contributed by atoms with Crippen LogP contribution in [0.5, 0.6) is 0 Å². The van der Waals surface area contributed by atoms with Crippen LogP contribution in [0.1, 0.15) is 43.8 Å². The monoisotopic (exact) mass is 312 g/mol. The lowest BCUT2D eigenvalue weighted by Crippen LogP contribution is -2.05. The molecule has 2 N–H and O–H groups in total. The molecule has 7 nitrogen and oxygen atoms in total. The summed E-state index contributed by atoms with van der Waals surface area (Å²) in [5.41, 5.74) is 2.57. The maximum absolute atomic E-state index is 9.16. The zero-order chi connectivity index (χ0) is 15.6. The van der Waals surface area contributed by atoms with Crippen molar-refractivity contribution in [3.05, 3.63) is 24.0 Å². The molecule has 0 atom stereocenters. The Morgan fingerprint density at radius 3 is 2.91 bits per heavy atom. The average molecular weight is 312 g/mol. The SMILES string of the molecule is OCCCn1nc(C2CCCC2)nc1-c1cccc2n[nH]nc12. The Kier molecular flexibility index (Phi) is 3.78. The number of hydrogen-bond donors (Lipinski definition) is 2. The minimum absolute atomic E-state index is 0.145. The number of aromatic nitrogens is 6. The molecule has 1 aliphatic rings. The molecule has 23 heavy (non-hydrogen) atoms. The summed E-state index contributed by atoms with van der Waals surface area (Å²) in [6.45, 7) is 0.798. The van der Waals surface area contributed by atoms with Crippen molar-refractivity contribution in [1.29, 1.82) is 0 Å². The lowest BCUT2D eigenvalue weighted by atomic mass is 10.1. The highest BCUT2D eigenvalue weighted by molar-refractivity contribution is 5.89. The summed E-state index contributed by atoms with van der Waals surface area (Å²) >= 11 is 0. The quantitative estimate of drug-likeness (QED) is 0.754. The van der Waals surface area contributed by atoms with Gasteiger partial charge in [0.2, 0.25) is 0 Å². The van der Waals surface area contributed by atoms with E-state index < -0.39 is 0 Å². The molecule has 7 heteroatoms. The third-order valence-corrected chi connectivity index (χ3v) is 4.52. The van der Waals surface area contributed by atoms with E-state index in [9.17, 15) is 0 Å². The standard InChI is InChI=1S/C16H20N6O/c23-10-4-9-22-16(17-15(20-22)11-5-1-2-6-11)12-7-3-8-13-14(12)19-21-18-13/h3,7-8,11,23H,1-2,4-6,9-10H2,(H,18,19,21). The number of aliphatic hydroxyl groups is 1. The normalized spacial score (nSPS) is 15.7. The van der Waals surface area contributed by atoms with Crippen LogP contribution in [-0.2, 0) is 6.54 Å². The van der Waals surface area contributed by atoms with Gasteiger partial charge in [-0.15, -0.1) is 0 Å². The number of aryl methyl sites for hydroxylation is 1. The Morgan fingerprint density at radius 1 is 1.22 bits per heavy atom. The van der Waals surface area contributed by atoms with E-state index in [1.807, 2.05) is 22.9 Å². The number of rotatable bonds is 5. The largest absolute Gasteiger partial charge is 0.396 e. The van der Waals surface area contributed by atoms with E-state index in [-0.39, 0.29) is 6.61 Å². The van der Waals surface area contributed by atoms with Crippen molar-refractivity contribution in [3.8, 4) is 11.4 Å². The summed E-state index contributed by atoms with van der Waals surface area (Å²) in [6, 6.07) is 5.89. The van der Waals surface area contributed by atoms with Crippen LogP contribution >= 0.6 is 0 Å². The van der Waals surface area contributed by atoms with Gasteiger partial charge in [-0.25, -0.2) is 9.67 Å². The Hall–Kier alpha value is -2.28. The first-order valence-electron chi connectivity index (χ1n) is 8.22. The van der Waals surface area contributed by atoms with Crippen LogP contribution < -0.4 is 0 Å². The van der Waals surface area contributed by atoms with Crippen molar-refractivity contribution in [2.24, 2.45) is 0 Å². The van der Waals surface area contributed by atoms with Gasteiger partial charge in [0.1, 0.15) is 11.0 Å². The molecular formula is C16H20N6O. The molecule has 2 aromatic heterocycles. The Labute approximate surface area is 133 Å². The molecule has 0 spiro atoms. The average Bonchev–Trinajstić information content (AvgIpc) is 3.31. The second-order valence-corrected chi connectivity index (χ2v) is 6.07. The lowest BCUT2D eigenvalue weighted by molar-refractivity contribution is 0.277. The van der Waals surface area contributed by atoms with Gasteiger partial charge in [-0.3, -0.25) is 0 Å². The number of nitrogens with one attached hydrogen (secondary N) is 1. The summed E-state index contributed by atoms with van der Waals surface area (Å²) in [5, 5.41) is 25.0. The van der Waals surface area contributed by atoms with E-state index in [4.69, 9.17) is 15.2 Å². The molecule has 1 aromatic carbocycles. The van der Waals surface area contributed by atoms with Crippen molar-refractivity contribution in [2.45, 2.75) is 44.6 Å². The highest BCUT2D eigenvalue weighted by Gasteiger charge is 2.24. The first-order chi connectivity index (χ1) is 11.4. The zero-order valence-electron chi connectivity index (χ0n) is 12.9. The van der Waals surface area contributed by atoms with Crippen molar-refractivity contribution in [2.75, 3.05) is 6.61 Å². The molecule has 3 aromatic rings. The van der Waals surface area contributed by atoms with E-state index in [2.05, 4.69) is 15.4 Å². The third-order valence-electron chi connectivity index (χ3n) is 4.52. The number of benzene rings is 1. The first-order valence-corrected chi connectivity index (χ1v) is 8.22. The van der Waals surface area contributed by atoms with Gasteiger partial charge in [-0.2, -0.15) is 20.5 Å². The predicted molar refractivity (Wildman–Crippen MR) is 85.8 cm³/mol. The molecule has 0 saturated heterocycles. The number of aromatic amines is 1. The molecule has 0 unspecified atom stereocenters. The number of H-pyrrole nitrogens is 1. The molecule has 4 rings (SSSR count). The molecule has 2 heterocycles. The molecule has 0 bridgehead atoms. The lowest BCUT2D eigenvalue weighted by Gasteiger charge is -2.05. The van der Waals surface area contributed by atoms with Gasteiger partial charge in [0.25, 0.3) is 0 Å². The minimum Gasteiger partial charge on any atom is -0.396 e. The topological polar surface area (TPSA) is 92.5 Å². The molecule has 1 saturated carbocycles. The summed E-state index contributed by atoms with van der Waals surface area (Å²) in [5.74, 6) is 2.21. The number of nitrogens with zero attached hydrogens (tertiary/aromatic N) is 5. The predicted octanol–water partition coefficient (Wildman–Crippen LogP) is 2.26. The van der Waals surface area contributed by atoms with Crippen LogP contribution in [0.3, 0.4) is 0 Å².